The molecule has 1 heterocycles. The van der Waals surface area contributed by atoms with E-state index < -0.39 is 10.0 Å². The molecule has 1 aliphatic heterocycles. The Balaban J connectivity index is 2.50. The van der Waals surface area contributed by atoms with Gasteiger partial charge in [-0.15, -0.1) is 0 Å². The Labute approximate surface area is 136 Å². The lowest BCUT2D eigenvalue weighted by Crippen LogP contribution is -2.41. The van der Waals surface area contributed by atoms with Crippen LogP contribution in [0.4, 0.5) is 0 Å². The van der Waals surface area contributed by atoms with E-state index >= 15 is 0 Å². The van der Waals surface area contributed by atoms with Gasteiger partial charge in [0.2, 0.25) is 10.0 Å². The molecule has 0 radical (unpaired) electrons. The Morgan fingerprint density at radius 2 is 1.95 bits per heavy atom. The highest BCUT2D eigenvalue weighted by atomic mass is 32.2. The Kier molecular flexibility index (Phi) is 8.17. The molecule has 0 aliphatic carbocycles. The van der Waals surface area contributed by atoms with Gasteiger partial charge in [-0.1, -0.05) is 13.3 Å². The minimum atomic E-state index is -3.04. The summed E-state index contributed by atoms with van der Waals surface area (Å²) < 4.78 is 24.6. The molecule has 1 rings (SSSR count). The second-order valence-corrected chi connectivity index (χ2v) is 8.06. The summed E-state index contributed by atoms with van der Waals surface area (Å²) in [5.74, 6) is 1.44. The third-order valence-electron chi connectivity index (χ3n) is 4.09. The number of nitrogens with one attached hydrogen (secondary N) is 1. The van der Waals surface area contributed by atoms with Gasteiger partial charge in [-0.25, -0.2) is 12.7 Å². The van der Waals surface area contributed by atoms with Gasteiger partial charge in [0.15, 0.2) is 5.96 Å². The Morgan fingerprint density at radius 1 is 1.32 bits per heavy atom. The first-order valence-corrected chi connectivity index (χ1v) is 10.2. The van der Waals surface area contributed by atoms with Gasteiger partial charge in [0.05, 0.1) is 6.26 Å². The van der Waals surface area contributed by atoms with Crippen molar-refractivity contribution in [2.75, 3.05) is 46.0 Å². The average molecular weight is 333 g/mol. The molecule has 1 saturated heterocycles. The summed E-state index contributed by atoms with van der Waals surface area (Å²) in [6.07, 6.45) is 5.42. The van der Waals surface area contributed by atoms with Crippen molar-refractivity contribution in [3.05, 3.63) is 0 Å². The van der Waals surface area contributed by atoms with Crippen LogP contribution in [0.25, 0.3) is 0 Å². The van der Waals surface area contributed by atoms with Crippen LogP contribution in [-0.2, 0) is 10.0 Å². The van der Waals surface area contributed by atoms with Crippen molar-refractivity contribution >= 4 is 16.0 Å². The monoisotopic (exact) mass is 332 g/mol. The van der Waals surface area contributed by atoms with E-state index in [1.165, 1.54) is 12.7 Å². The number of hydrogen-bond acceptors (Lipinski definition) is 3. The first kappa shape index (κ1) is 19.2. The van der Waals surface area contributed by atoms with Crippen LogP contribution in [0, 0.1) is 5.92 Å². The van der Waals surface area contributed by atoms with Crippen molar-refractivity contribution in [2.24, 2.45) is 10.9 Å². The molecule has 0 aromatic carbocycles. The molecule has 0 unspecified atom stereocenters. The molecule has 1 fully saturated rings. The van der Waals surface area contributed by atoms with Crippen LogP contribution in [-0.4, -0.2) is 69.6 Å². The van der Waals surface area contributed by atoms with Gasteiger partial charge < -0.3 is 10.2 Å². The number of rotatable bonds is 7. The molecule has 0 aromatic rings. The number of aliphatic imine (C=N–C) groups is 1. The quantitative estimate of drug-likeness (QED) is 0.565. The number of unbranched alkanes of at least 4 members (excludes halogenated alkanes) is 1. The fourth-order valence-electron chi connectivity index (χ4n) is 2.61. The maximum atomic E-state index is 11.5. The number of hydrogen-bond donors (Lipinski definition) is 1. The highest BCUT2D eigenvalue weighted by molar-refractivity contribution is 7.88. The van der Waals surface area contributed by atoms with Crippen LogP contribution < -0.4 is 5.32 Å². The molecule has 0 aromatic heterocycles. The van der Waals surface area contributed by atoms with Gasteiger partial charge in [0.25, 0.3) is 0 Å². The summed E-state index contributed by atoms with van der Waals surface area (Å²) in [5, 5.41) is 3.33. The third-order valence-corrected chi connectivity index (χ3v) is 5.39. The van der Waals surface area contributed by atoms with Crippen molar-refractivity contribution < 1.29 is 8.42 Å². The van der Waals surface area contributed by atoms with Crippen molar-refractivity contribution in [3.8, 4) is 0 Å². The molecule has 0 saturated carbocycles. The summed E-state index contributed by atoms with van der Waals surface area (Å²) in [6.45, 7) is 8.16. The lowest BCUT2D eigenvalue weighted by atomic mass is 9.98. The number of sulfonamides is 1. The maximum absolute atomic E-state index is 11.5. The predicted molar refractivity (Wildman–Crippen MR) is 92.7 cm³/mol. The zero-order valence-electron chi connectivity index (χ0n) is 14.5. The molecule has 1 N–H and O–H groups in total. The largest absolute Gasteiger partial charge is 0.357 e. The Morgan fingerprint density at radius 3 is 2.45 bits per heavy atom. The summed E-state index contributed by atoms with van der Waals surface area (Å²) in [4.78, 5) is 6.92. The van der Waals surface area contributed by atoms with Gasteiger partial charge in [0.1, 0.15) is 0 Å². The molecule has 1 aliphatic rings. The standard InChI is InChI=1S/C15H32N4O2S/c1-5-7-10-18(3)15(16-6-2)17-13-14-8-11-19(12-9-14)22(4,20)21/h14H,5-13H2,1-4H3,(H,16,17). The fourth-order valence-corrected chi connectivity index (χ4v) is 3.48. The molecule has 130 valence electrons. The van der Waals surface area contributed by atoms with Gasteiger partial charge in [-0.05, 0) is 32.1 Å². The van der Waals surface area contributed by atoms with Crippen LogP contribution in [0.2, 0.25) is 0 Å². The molecule has 0 bridgehead atoms. The van der Waals surface area contributed by atoms with Crippen molar-refractivity contribution in [1.29, 1.82) is 0 Å². The lowest BCUT2D eigenvalue weighted by Gasteiger charge is -2.30. The van der Waals surface area contributed by atoms with Gasteiger partial charge in [-0.3, -0.25) is 4.99 Å². The average Bonchev–Trinajstić information content (AvgIpc) is 2.48. The highest BCUT2D eigenvalue weighted by Gasteiger charge is 2.24. The Hall–Kier alpha value is -0.820. The van der Waals surface area contributed by atoms with E-state index in [9.17, 15) is 8.42 Å². The lowest BCUT2D eigenvalue weighted by molar-refractivity contribution is 0.279. The molecular weight excluding hydrogens is 300 g/mol. The number of piperidine rings is 1. The summed E-state index contributed by atoms with van der Waals surface area (Å²) >= 11 is 0. The van der Waals surface area contributed by atoms with Crippen molar-refractivity contribution in [1.82, 2.24) is 14.5 Å². The summed E-state index contributed by atoms with van der Waals surface area (Å²) in [7, 11) is -0.963. The van der Waals surface area contributed by atoms with Crippen LogP contribution in [0.15, 0.2) is 4.99 Å². The van der Waals surface area contributed by atoms with Crippen LogP contribution in [0.3, 0.4) is 0 Å². The summed E-state index contributed by atoms with van der Waals surface area (Å²) in [6, 6.07) is 0. The zero-order chi connectivity index (χ0) is 16.6. The highest BCUT2D eigenvalue weighted by Crippen LogP contribution is 2.19. The molecule has 0 atom stereocenters. The smallest absolute Gasteiger partial charge is 0.211 e. The molecule has 0 amide bonds. The number of nitrogens with zero attached hydrogens (tertiary/aromatic N) is 3. The molecule has 7 heteroatoms. The predicted octanol–water partition coefficient (Wildman–Crippen LogP) is 1.36. The normalized spacial score (nSPS) is 18.5. The first-order valence-electron chi connectivity index (χ1n) is 8.33. The molecule has 22 heavy (non-hydrogen) atoms. The second kappa shape index (κ2) is 9.35. The number of guanidine groups is 1. The van der Waals surface area contributed by atoms with Gasteiger partial charge in [0, 0.05) is 39.8 Å². The van der Waals surface area contributed by atoms with Crippen LogP contribution in [0.5, 0.6) is 0 Å². The minimum absolute atomic E-state index is 0.478. The first-order chi connectivity index (χ1) is 10.4. The third kappa shape index (κ3) is 6.52. The molecule has 6 nitrogen and oxygen atoms in total. The van der Waals surface area contributed by atoms with E-state index in [4.69, 9.17) is 4.99 Å². The topological polar surface area (TPSA) is 65.0 Å². The molecular formula is C15H32N4O2S. The SMILES string of the molecule is CCCCN(C)C(=NCC1CCN(S(C)(=O)=O)CC1)NCC. The van der Waals surface area contributed by atoms with Crippen molar-refractivity contribution in [3.63, 3.8) is 0 Å². The zero-order valence-corrected chi connectivity index (χ0v) is 15.3. The van der Waals surface area contributed by atoms with Gasteiger partial charge >= 0.3 is 0 Å². The molecule has 0 spiro atoms. The Bertz CT molecular complexity index is 442. The van der Waals surface area contributed by atoms with E-state index in [1.807, 2.05) is 0 Å². The fraction of sp³-hybridized carbons (Fsp3) is 0.933. The van der Waals surface area contributed by atoms with Crippen molar-refractivity contribution in [2.45, 2.75) is 39.5 Å². The van der Waals surface area contributed by atoms with Crippen LogP contribution in [0.1, 0.15) is 39.5 Å². The van der Waals surface area contributed by atoms with Crippen LogP contribution >= 0.6 is 0 Å². The van der Waals surface area contributed by atoms with Gasteiger partial charge in [-0.2, -0.15) is 0 Å². The van der Waals surface area contributed by atoms with E-state index in [2.05, 4.69) is 31.1 Å². The van der Waals surface area contributed by atoms with E-state index in [-0.39, 0.29) is 0 Å². The maximum Gasteiger partial charge on any atom is 0.211 e. The summed E-state index contributed by atoms with van der Waals surface area (Å²) in [5.41, 5.74) is 0. The minimum Gasteiger partial charge on any atom is -0.357 e. The van der Waals surface area contributed by atoms with E-state index in [0.29, 0.717) is 19.0 Å². The van der Waals surface area contributed by atoms with E-state index in [1.54, 1.807) is 4.31 Å². The second-order valence-electron chi connectivity index (χ2n) is 6.08. The van der Waals surface area contributed by atoms with E-state index in [0.717, 1.165) is 44.9 Å².